The molecule has 0 aliphatic carbocycles. The largest absolute Gasteiger partial charge is 0.457 e. The van der Waals surface area contributed by atoms with Crippen LogP contribution in [0.3, 0.4) is 0 Å². The van der Waals surface area contributed by atoms with Crippen LogP contribution < -0.4 is 10.1 Å². The van der Waals surface area contributed by atoms with Gasteiger partial charge in [0.15, 0.2) is 0 Å². The molecule has 0 fully saturated rings. The van der Waals surface area contributed by atoms with Crippen molar-refractivity contribution >= 4 is 29.2 Å². The zero-order valence-corrected chi connectivity index (χ0v) is 23.6. The Hall–Kier alpha value is -4.23. The van der Waals surface area contributed by atoms with Gasteiger partial charge in [-0.2, -0.15) is 0 Å². The number of halogens is 1. The molecule has 8 heteroatoms. The lowest BCUT2D eigenvalue weighted by Gasteiger charge is -2.39. The van der Waals surface area contributed by atoms with Gasteiger partial charge in [0.2, 0.25) is 5.91 Å². The van der Waals surface area contributed by atoms with E-state index in [1.54, 1.807) is 17.0 Å². The van der Waals surface area contributed by atoms with Crippen LogP contribution in [0.25, 0.3) is 0 Å². The van der Waals surface area contributed by atoms with Gasteiger partial charge < -0.3 is 24.4 Å². The number of fused-ring (bicyclic) bond motifs is 1. The van der Waals surface area contributed by atoms with Crippen LogP contribution in [0.5, 0.6) is 11.5 Å². The highest BCUT2D eigenvalue weighted by Crippen LogP contribution is 2.35. The summed E-state index contributed by atoms with van der Waals surface area (Å²) < 4.78 is 8.27. The molecule has 0 saturated carbocycles. The molecule has 40 heavy (non-hydrogen) atoms. The van der Waals surface area contributed by atoms with Crippen molar-refractivity contribution in [2.24, 2.45) is 0 Å². The number of urea groups is 1. The van der Waals surface area contributed by atoms with Crippen molar-refractivity contribution in [1.82, 2.24) is 14.4 Å². The van der Waals surface area contributed by atoms with Gasteiger partial charge in [0.25, 0.3) is 0 Å². The fourth-order valence-electron chi connectivity index (χ4n) is 4.97. The van der Waals surface area contributed by atoms with Crippen LogP contribution in [0.1, 0.15) is 36.7 Å². The molecule has 0 saturated heterocycles. The Morgan fingerprint density at radius 3 is 2.50 bits per heavy atom. The highest BCUT2D eigenvalue weighted by atomic mass is 35.5. The Kier molecular flexibility index (Phi) is 8.12. The summed E-state index contributed by atoms with van der Waals surface area (Å²) in [5.74, 6) is 1.31. The van der Waals surface area contributed by atoms with Crippen molar-refractivity contribution in [2.75, 3.05) is 18.4 Å². The van der Waals surface area contributed by atoms with E-state index >= 15 is 0 Å². The first kappa shape index (κ1) is 27.3. The average molecular weight is 557 g/mol. The van der Waals surface area contributed by atoms with E-state index < -0.39 is 0 Å². The first-order chi connectivity index (χ1) is 19.3. The number of hydrogen-bond acceptors (Lipinski definition) is 3. The lowest BCUT2D eigenvalue weighted by molar-refractivity contribution is -0.134. The lowest BCUT2D eigenvalue weighted by Crippen LogP contribution is -2.50. The van der Waals surface area contributed by atoms with Gasteiger partial charge in [-0.3, -0.25) is 4.79 Å². The van der Waals surface area contributed by atoms with Crippen LogP contribution in [0, 0.1) is 6.92 Å². The van der Waals surface area contributed by atoms with Crippen LogP contribution >= 0.6 is 11.6 Å². The number of ether oxygens (including phenoxy) is 1. The normalized spacial score (nSPS) is 14.5. The maximum atomic E-state index is 13.9. The maximum Gasteiger partial charge on any atom is 0.322 e. The second kappa shape index (κ2) is 11.9. The molecule has 206 valence electrons. The standard InChI is InChI=1S/C32H33ClN4O3/c1-22(2)37(32(39)34-25-15-14-23(3)28(33)20-25)21-30(38)36-18-17-35-16-8-13-29(35)31(36)24-9-7-12-27(19-24)40-26-10-5-4-6-11-26/h4-16,19-20,22,31H,17-18,21H2,1-3H3,(H,34,39). The van der Waals surface area contributed by atoms with E-state index in [4.69, 9.17) is 16.3 Å². The van der Waals surface area contributed by atoms with Gasteiger partial charge >= 0.3 is 6.03 Å². The topological polar surface area (TPSA) is 66.8 Å². The lowest BCUT2D eigenvalue weighted by atomic mass is 9.99. The highest BCUT2D eigenvalue weighted by Gasteiger charge is 2.34. The summed E-state index contributed by atoms with van der Waals surface area (Å²) in [5, 5.41) is 3.47. The Bertz CT molecular complexity index is 1500. The van der Waals surface area contributed by atoms with Crippen molar-refractivity contribution in [1.29, 1.82) is 0 Å². The summed E-state index contributed by atoms with van der Waals surface area (Å²) in [7, 11) is 0. The van der Waals surface area contributed by atoms with E-state index in [2.05, 4.69) is 9.88 Å². The number of aryl methyl sites for hydroxylation is 1. The number of rotatable bonds is 7. The first-order valence-electron chi connectivity index (χ1n) is 13.4. The molecule has 3 aromatic carbocycles. The van der Waals surface area contributed by atoms with E-state index in [1.165, 1.54) is 0 Å². The second-order valence-corrected chi connectivity index (χ2v) is 10.6. The molecule has 1 aliphatic heterocycles. The van der Waals surface area contributed by atoms with Crippen LogP contribution in [0.4, 0.5) is 10.5 Å². The highest BCUT2D eigenvalue weighted by molar-refractivity contribution is 6.31. The Balaban J connectivity index is 1.39. The van der Waals surface area contributed by atoms with Crippen molar-refractivity contribution in [3.63, 3.8) is 0 Å². The van der Waals surface area contributed by atoms with Gasteiger partial charge in [-0.1, -0.05) is 48.0 Å². The molecule has 0 bridgehead atoms. The number of nitrogens with zero attached hydrogens (tertiary/aromatic N) is 3. The molecule has 1 atom stereocenters. The first-order valence-corrected chi connectivity index (χ1v) is 13.8. The van der Waals surface area contributed by atoms with E-state index in [0.717, 1.165) is 22.6 Å². The molecule has 1 aromatic heterocycles. The summed E-state index contributed by atoms with van der Waals surface area (Å²) in [6.07, 6.45) is 2.04. The molecule has 3 amide bonds. The summed E-state index contributed by atoms with van der Waals surface area (Å²) in [6.45, 7) is 6.86. The minimum atomic E-state index is -0.349. The van der Waals surface area contributed by atoms with Gasteiger partial charge in [0.1, 0.15) is 18.0 Å². The molecule has 0 radical (unpaired) electrons. The predicted octanol–water partition coefficient (Wildman–Crippen LogP) is 7.12. The van der Waals surface area contributed by atoms with Gasteiger partial charge in [-0.25, -0.2) is 4.79 Å². The minimum absolute atomic E-state index is 0.0551. The Labute approximate surface area is 239 Å². The molecule has 5 rings (SSSR count). The fraction of sp³-hybridized carbons (Fsp3) is 0.250. The molecule has 1 unspecified atom stereocenters. The molecule has 1 N–H and O–H groups in total. The fourth-order valence-corrected chi connectivity index (χ4v) is 5.15. The van der Waals surface area contributed by atoms with Crippen molar-refractivity contribution in [2.45, 2.75) is 39.4 Å². The third-order valence-corrected chi connectivity index (χ3v) is 7.53. The van der Waals surface area contributed by atoms with Gasteiger partial charge in [-0.15, -0.1) is 0 Å². The number of carbonyl (C=O) groups is 2. The van der Waals surface area contributed by atoms with Crippen molar-refractivity contribution < 1.29 is 14.3 Å². The zero-order chi connectivity index (χ0) is 28.2. The second-order valence-electron chi connectivity index (χ2n) is 10.2. The van der Waals surface area contributed by atoms with Gasteiger partial charge in [-0.05, 0) is 80.4 Å². The molecular formula is C32H33ClN4O3. The smallest absolute Gasteiger partial charge is 0.322 e. The van der Waals surface area contributed by atoms with Crippen LogP contribution in [-0.2, 0) is 11.3 Å². The van der Waals surface area contributed by atoms with E-state index in [1.807, 2.05) is 105 Å². The summed E-state index contributed by atoms with van der Waals surface area (Å²) in [4.78, 5) is 30.6. The number of para-hydroxylation sites is 1. The molecular weight excluding hydrogens is 524 g/mol. The zero-order valence-electron chi connectivity index (χ0n) is 22.9. The van der Waals surface area contributed by atoms with E-state index in [-0.39, 0.29) is 30.6 Å². The third-order valence-electron chi connectivity index (χ3n) is 7.12. The van der Waals surface area contributed by atoms with Gasteiger partial charge in [0, 0.05) is 41.7 Å². The average Bonchev–Trinajstić information content (AvgIpc) is 3.42. The number of nitrogens with one attached hydrogen (secondary N) is 1. The summed E-state index contributed by atoms with van der Waals surface area (Å²) >= 11 is 6.25. The molecule has 1 aliphatic rings. The number of carbonyl (C=O) groups excluding carboxylic acids is 2. The SMILES string of the molecule is Cc1ccc(NC(=O)N(CC(=O)N2CCn3cccc3C2c2cccc(Oc3ccccc3)c2)C(C)C)cc1Cl. The number of hydrogen-bond donors (Lipinski definition) is 1. The molecule has 0 spiro atoms. The number of aromatic nitrogens is 1. The summed E-state index contributed by atoms with van der Waals surface area (Å²) in [6, 6.07) is 26.0. The number of benzene rings is 3. The quantitative estimate of drug-likeness (QED) is 0.263. The van der Waals surface area contributed by atoms with E-state index in [0.29, 0.717) is 29.5 Å². The van der Waals surface area contributed by atoms with Crippen LogP contribution in [0.15, 0.2) is 91.1 Å². The van der Waals surface area contributed by atoms with Crippen molar-refractivity contribution in [3.05, 3.63) is 113 Å². The van der Waals surface area contributed by atoms with Crippen molar-refractivity contribution in [3.8, 4) is 11.5 Å². The van der Waals surface area contributed by atoms with E-state index in [9.17, 15) is 9.59 Å². The summed E-state index contributed by atoms with van der Waals surface area (Å²) in [5.41, 5.74) is 3.47. The molecule has 2 heterocycles. The van der Waals surface area contributed by atoms with Crippen LogP contribution in [0.2, 0.25) is 5.02 Å². The van der Waals surface area contributed by atoms with Crippen LogP contribution in [-0.4, -0.2) is 45.4 Å². The third kappa shape index (κ3) is 6.00. The Morgan fingerprint density at radius 1 is 0.975 bits per heavy atom. The minimum Gasteiger partial charge on any atom is -0.457 e. The molecule has 4 aromatic rings. The monoisotopic (exact) mass is 556 g/mol. The number of anilines is 1. The van der Waals surface area contributed by atoms with Gasteiger partial charge in [0.05, 0.1) is 6.04 Å². The Morgan fingerprint density at radius 2 is 1.75 bits per heavy atom. The predicted molar refractivity (Wildman–Crippen MR) is 158 cm³/mol. The number of amides is 3. The molecule has 7 nitrogen and oxygen atoms in total. The maximum absolute atomic E-state index is 13.9.